The van der Waals surface area contributed by atoms with Gasteiger partial charge in [-0.25, -0.2) is 0 Å². The quantitative estimate of drug-likeness (QED) is 0.619. The van der Waals surface area contributed by atoms with Crippen LogP contribution in [-0.2, 0) is 9.63 Å². The number of nitrogens with zero attached hydrogens (tertiary/aromatic N) is 1. The van der Waals surface area contributed by atoms with E-state index in [1.807, 2.05) is 38.1 Å². The summed E-state index contributed by atoms with van der Waals surface area (Å²) in [6.07, 6.45) is 1.51. The first kappa shape index (κ1) is 18.3. The number of hydrogen-bond donors (Lipinski definition) is 1. The van der Waals surface area contributed by atoms with E-state index in [2.05, 4.69) is 10.5 Å². The zero-order valence-electron chi connectivity index (χ0n) is 14.8. The Hall–Kier alpha value is -3.02. The lowest BCUT2D eigenvalue weighted by atomic mass is 10.1. The summed E-state index contributed by atoms with van der Waals surface area (Å²) in [5.74, 6) is 0.958. The van der Waals surface area contributed by atoms with Crippen LogP contribution in [0, 0.1) is 13.8 Å². The van der Waals surface area contributed by atoms with E-state index in [9.17, 15) is 4.79 Å². The largest absolute Gasteiger partial charge is 0.493 e. The highest BCUT2D eigenvalue weighted by Gasteiger charge is 2.05. The van der Waals surface area contributed by atoms with Gasteiger partial charge in [0.1, 0.15) is 0 Å². The van der Waals surface area contributed by atoms with E-state index in [4.69, 9.17) is 14.3 Å². The van der Waals surface area contributed by atoms with Crippen LogP contribution in [0.3, 0.4) is 0 Å². The second-order valence-electron chi connectivity index (χ2n) is 5.47. The summed E-state index contributed by atoms with van der Waals surface area (Å²) in [5.41, 5.74) is 3.80. The first-order valence-electron chi connectivity index (χ1n) is 7.78. The first-order chi connectivity index (χ1) is 12.0. The van der Waals surface area contributed by atoms with Gasteiger partial charge in [-0.1, -0.05) is 11.2 Å². The van der Waals surface area contributed by atoms with Gasteiger partial charge in [0.05, 0.1) is 20.4 Å². The lowest BCUT2D eigenvalue weighted by Gasteiger charge is -2.08. The van der Waals surface area contributed by atoms with Crippen molar-refractivity contribution in [1.29, 1.82) is 0 Å². The molecular formula is C19H22N2O4. The molecule has 2 aromatic rings. The fourth-order valence-electron chi connectivity index (χ4n) is 2.14. The van der Waals surface area contributed by atoms with Gasteiger partial charge in [-0.2, -0.15) is 0 Å². The molecule has 25 heavy (non-hydrogen) atoms. The molecule has 6 nitrogen and oxygen atoms in total. The zero-order valence-corrected chi connectivity index (χ0v) is 14.8. The summed E-state index contributed by atoms with van der Waals surface area (Å²) in [4.78, 5) is 16.9. The summed E-state index contributed by atoms with van der Waals surface area (Å²) in [6, 6.07) is 11.1. The molecule has 1 amide bonds. The molecule has 0 atom stereocenters. The highest BCUT2D eigenvalue weighted by atomic mass is 16.6. The minimum absolute atomic E-state index is 0.170. The average Bonchev–Trinajstić information content (AvgIpc) is 2.61. The average molecular weight is 342 g/mol. The third-order valence-electron chi connectivity index (χ3n) is 3.67. The number of amides is 1. The molecular weight excluding hydrogens is 320 g/mol. The van der Waals surface area contributed by atoms with Crippen LogP contribution in [0.15, 0.2) is 41.6 Å². The van der Waals surface area contributed by atoms with E-state index in [0.29, 0.717) is 11.5 Å². The van der Waals surface area contributed by atoms with Gasteiger partial charge in [0.15, 0.2) is 18.1 Å². The van der Waals surface area contributed by atoms with Crippen LogP contribution >= 0.6 is 0 Å². The normalized spacial score (nSPS) is 10.6. The number of aryl methyl sites for hydroxylation is 2. The molecule has 0 heterocycles. The summed E-state index contributed by atoms with van der Waals surface area (Å²) in [5, 5.41) is 6.57. The molecule has 132 valence electrons. The van der Waals surface area contributed by atoms with Crippen molar-refractivity contribution in [2.24, 2.45) is 5.16 Å². The molecule has 0 fully saturated rings. The highest BCUT2D eigenvalue weighted by Crippen LogP contribution is 2.26. The molecule has 0 aliphatic rings. The van der Waals surface area contributed by atoms with E-state index >= 15 is 0 Å². The van der Waals surface area contributed by atoms with Crippen LogP contribution in [0.25, 0.3) is 0 Å². The first-order valence-corrected chi connectivity index (χ1v) is 7.78. The predicted octanol–water partition coefficient (Wildman–Crippen LogP) is 3.31. The van der Waals surface area contributed by atoms with Crippen molar-refractivity contribution in [2.75, 3.05) is 26.1 Å². The molecule has 0 aromatic heterocycles. The fourth-order valence-corrected chi connectivity index (χ4v) is 2.14. The molecule has 0 unspecified atom stereocenters. The lowest BCUT2D eigenvalue weighted by molar-refractivity contribution is -0.120. The van der Waals surface area contributed by atoms with Gasteiger partial charge in [-0.15, -0.1) is 0 Å². The molecule has 0 aliphatic carbocycles. The van der Waals surface area contributed by atoms with Crippen LogP contribution in [-0.4, -0.2) is 32.9 Å². The predicted molar refractivity (Wildman–Crippen MR) is 97.6 cm³/mol. The lowest BCUT2D eigenvalue weighted by Crippen LogP contribution is -2.17. The molecule has 2 aromatic carbocycles. The summed E-state index contributed by atoms with van der Waals surface area (Å²) < 4.78 is 10.4. The van der Waals surface area contributed by atoms with Crippen LogP contribution in [0.2, 0.25) is 0 Å². The minimum atomic E-state index is -0.271. The molecule has 0 saturated heterocycles. The number of nitrogens with one attached hydrogen (secondary N) is 1. The fraction of sp³-hybridized carbons (Fsp3) is 0.263. The SMILES string of the molecule is COc1ccc(C=NOCC(=O)Nc2ccc(C)c(C)c2)cc1OC. The van der Waals surface area contributed by atoms with Crippen molar-refractivity contribution in [3.63, 3.8) is 0 Å². The number of benzene rings is 2. The molecule has 0 spiro atoms. The maximum atomic E-state index is 11.9. The van der Waals surface area contributed by atoms with Crippen LogP contribution in [0.1, 0.15) is 16.7 Å². The smallest absolute Gasteiger partial charge is 0.265 e. The van der Waals surface area contributed by atoms with Crippen molar-refractivity contribution < 1.29 is 19.1 Å². The standard InChI is InChI=1S/C19H22N2O4/c1-13-5-7-16(9-14(13)2)21-19(22)12-25-20-11-15-6-8-17(23-3)18(10-15)24-4/h5-11H,12H2,1-4H3,(H,21,22). The second kappa shape index (κ2) is 8.73. The summed E-state index contributed by atoms with van der Waals surface area (Å²) in [6.45, 7) is 3.85. The van der Waals surface area contributed by atoms with Gasteiger partial charge in [0.2, 0.25) is 0 Å². The Morgan fingerprint density at radius 1 is 1.04 bits per heavy atom. The Morgan fingerprint density at radius 2 is 1.80 bits per heavy atom. The van der Waals surface area contributed by atoms with Crippen LogP contribution in [0.5, 0.6) is 11.5 Å². The van der Waals surface area contributed by atoms with Gasteiger partial charge < -0.3 is 19.6 Å². The topological polar surface area (TPSA) is 69.2 Å². The zero-order chi connectivity index (χ0) is 18.2. The van der Waals surface area contributed by atoms with E-state index < -0.39 is 0 Å². The van der Waals surface area contributed by atoms with Gasteiger partial charge in [-0.05, 0) is 55.3 Å². The molecule has 0 saturated carbocycles. The number of carbonyl (C=O) groups is 1. The third kappa shape index (κ3) is 5.24. The van der Waals surface area contributed by atoms with Gasteiger partial charge >= 0.3 is 0 Å². The van der Waals surface area contributed by atoms with E-state index in [1.54, 1.807) is 26.4 Å². The Bertz CT molecular complexity index is 772. The van der Waals surface area contributed by atoms with Crippen molar-refractivity contribution in [1.82, 2.24) is 0 Å². The Labute approximate surface area is 147 Å². The van der Waals surface area contributed by atoms with Crippen LogP contribution < -0.4 is 14.8 Å². The number of carbonyl (C=O) groups excluding carboxylic acids is 1. The van der Waals surface area contributed by atoms with Crippen molar-refractivity contribution in [3.05, 3.63) is 53.1 Å². The van der Waals surface area contributed by atoms with Crippen molar-refractivity contribution in [2.45, 2.75) is 13.8 Å². The molecule has 0 bridgehead atoms. The number of anilines is 1. The monoisotopic (exact) mass is 342 g/mol. The number of rotatable bonds is 7. The van der Waals surface area contributed by atoms with Gasteiger partial charge in [-0.3, -0.25) is 4.79 Å². The molecule has 0 aliphatic heterocycles. The van der Waals surface area contributed by atoms with Crippen molar-refractivity contribution in [3.8, 4) is 11.5 Å². The minimum Gasteiger partial charge on any atom is -0.493 e. The van der Waals surface area contributed by atoms with Gasteiger partial charge in [0, 0.05) is 11.3 Å². The third-order valence-corrected chi connectivity index (χ3v) is 3.67. The number of oxime groups is 1. The van der Waals surface area contributed by atoms with E-state index in [-0.39, 0.29) is 12.5 Å². The molecule has 1 N–H and O–H groups in total. The maximum absolute atomic E-state index is 11.9. The molecule has 6 heteroatoms. The van der Waals surface area contributed by atoms with Crippen LogP contribution in [0.4, 0.5) is 5.69 Å². The van der Waals surface area contributed by atoms with Gasteiger partial charge in [0.25, 0.3) is 5.91 Å². The number of methoxy groups -OCH3 is 2. The van der Waals surface area contributed by atoms with Crippen molar-refractivity contribution >= 4 is 17.8 Å². The number of ether oxygens (including phenoxy) is 2. The summed E-state index contributed by atoms with van der Waals surface area (Å²) >= 11 is 0. The maximum Gasteiger partial charge on any atom is 0.265 e. The molecule has 0 radical (unpaired) electrons. The van der Waals surface area contributed by atoms with E-state index in [1.165, 1.54) is 11.8 Å². The number of hydrogen-bond acceptors (Lipinski definition) is 5. The Morgan fingerprint density at radius 3 is 2.48 bits per heavy atom. The second-order valence-corrected chi connectivity index (χ2v) is 5.47. The summed E-state index contributed by atoms with van der Waals surface area (Å²) in [7, 11) is 3.13. The Kier molecular flexibility index (Phi) is 6.39. The Balaban J connectivity index is 1.86. The highest BCUT2D eigenvalue weighted by molar-refractivity contribution is 5.91. The van der Waals surface area contributed by atoms with E-state index in [0.717, 1.165) is 16.8 Å². The molecule has 2 rings (SSSR count).